The number of nitrogens with one attached hydrogen (secondary N) is 1. The molecule has 26 heavy (non-hydrogen) atoms. The van der Waals surface area contributed by atoms with Crippen molar-refractivity contribution in [1.29, 1.82) is 0 Å². The summed E-state index contributed by atoms with van der Waals surface area (Å²) in [5, 5.41) is 5.23. The molecule has 1 atom stereocenters. The molecule has 0 amide bonds. The monoisotopic (exact) mass is 488 g/mol. The molecule has 1 aliphatic heterocycles. The normalized spacial score (nSPS) is 16.6. The topological polar surface area (TPSA) is 72.1 Å². The fraction of sp³-hybridized carbons (Fsp3) is 0.389. The van der Waals surface area contributed by atoms with Gasteiger partial charge in [0.1, 0.15) is 5.75 Å². The molecule has 2 heterocycles. The second-order valence-corrected chi connectivity index (χ2v) is 6.74. The quantitative estimate of drug-likeness (QED) is 0.372. The Morgan fingerprint density at radius 3 is 2.65 bits per heavy atom. The van der Waals surface area contributed by atoms with E-state index >= 15 is 0 Å². The van der Waals surface area contributed by atoms with Crippen LogP contribution in [0, 0.1) is 0 Å². The second-order valence-electron chi connectivity index (χ2n) is 5.76. The molecule has 6 nitrogen and oxygen atoms in total. The molecule has 0 saturated carbocycles. The summed E-state index contributed by atoms with van der Waals surface area (Å²) in [7, 11) is 1.65. The molecule has 8 heteroatoms. The molecule has 1 unspecified atom stereocenters. The maximum Gasteiger partial charge on any atom is 0.193 e. The Kier molecular flexibility index (Phi) is 8.63. The molecule has 0 aliphatic carbocycles. The van der Waals surface area contributed by atoms with Crippen molar-refractivity contribution in [2.45, 2.75) is 6.04 Å². The van der Waals surface area contributed by atoms with Crippen LogP contribution < -0.4 is 15.8 Å². The number of hydrogen-bond donors (Lipinski definition) is 2. The fourth-order valence-electron chi connectivity index (χ4n) is 2.80. The summed E-state index contributed by atoms with van der Waals surface area (Å²) < 4.78 is 10.6. The summed E-state index contributed by atoms with van der Waals surface area (Å²) in [6.45, 7) is 4.00. The number of guanidine groups is 1. The van der Waals surface area contributed by atoms with Gasteiger partial charge in [-0.3, -0.25) is 9.89 Å². The maximum atomic E-state index is 6.08. The number of ether oxygens (including phenoxy) is 2. The molecule has 0 radical (unpaired) electrons. The summed E-state index contributed by atoms with van der Waals surface area (Å²) in [6, 6.07) is 12.1. The summed E-state index contributed by atoms with van der Waals surface area (Å²) in [5.74, 6) is 1.23. The Bertz CT molecular complexity index is 673. The van der Waals surface area contributed by atoms with Gasteiger partial charge in [-0.1, -0.05) is 6.07 Å². The summed E-state index contributed by atoms with van der Waals surface area (Å²) in [4.78, 5) is 8.29. The van der Waals surface area contributed by atoms with Crippen molar-refractivity contribution in [2.24, 2.45) is 10.7 Å². The summed E-state index contributed by atoms with van der Waals surface area (Å²) in [5.41, 5.74) is 6.97. The van der Waals surface area contributed by atoms with Crippen molar-refractivity contribution < 1.29 is 9.47 Å². The van der Waals surface area contributed by atoms with Crippen molar-refractivity contribution in [1.82, 2.24) is 4.90 Å². The molecule has 1 fully saturated rings. The number of halogens is 1. The average molecular weight is 488 g/mol. The zero-order valence-electron chi connectivity index (χ0n) is 14.8. The zero-order chi connectivity index (χ0) is 17.5. The Balaban J connectivity index is 0.00000243. The zero-order valence-corrected chi connectivity index (χ0v) is 17.9. The van der Waals surface area contributed by atoms with Crippen molar-refractivity contribution in [3.8, 4) is 5.75 Å². The highest BCUT2D eigenvalue weighted by Crippen LogP contribution is 2.26. The number of nitrogens with zero attached hydrogens (tertiary/aromatic N) is 2. The van der Waals surface area contributed by atoms with Gasteiger partial charge in [0, 0.05) is 23.7 Å². The highest BCUT2D eigenvalue weighted by Gasteiger charge is 2.23. The Morgan fingerprint density at radius 2 is 2.04 bits per heavy atom. The minimum Gasteiger partial charge on any atom is -0.497 e. The molecule has 3 rings (SSSR count). The summed E-state index contributed by atoms with van der Waals surface area (Å²) in [6.07, 6.45) is 0. The largest absolute Gasteiger partial charge is 0.497 e. The molecule has 1 aromatic heterocycles. The summed E-state index contributed by atoms with van der Waals surface area (Å²) >= 11 is 1.76. The Hall–Kier alpha value is -1.36. The van der Waals surface area contributed by atoms with E-state index in [4.69, 9.17) is 15.2 Å². The van der Waals surface area contributed by atoms with E-state index < -0.39 is 0 Å². The molecule has 1 aromatic carbocycles. The molecular formula is C18H25IN4O2S. The number of rotatable bonds is 6. The fourth-order valence-corrected chi connectivity index (χ4v) is 3.65. The number of methoxy groups -OCH3 is 1. The van der Waals surface area contributed by atoms with Gasteiger partial charge < -0.3 is 20.5 Å². The highest BCUT2D eigenvalue weighted by atomic mass is 127. The lowest BCUT2D eigenvalue weighted by molar-refractivity contribution is 0.0187. The average Bonchev–Trinajstić information content (AvgIpc) is 3.18. The van der Waals surface area contributed by atoms with Gasteiger partial charge in [-0.25, -0.2) is 0 Å². The first-order chi connectivity index (χ1) is 12.3. The van der Waals surface area contributed by atoms with Crippen LogP contribution in [0.25, 0.3) is 0 Å². The van der Waals surface area contributed by atoms with E-state index in [1.165, 1.54) is 4.88 Å². The number of thiophene rings is 1. The standard InChI is InChI=1S/C18H24N4O2S.HI/c1-23-15-6-4-14(5-7-15)21-18(19)20-13-16(17-3-2-12-25-17)22-8-10-24-11-9-22;/h2-7,12,16H,8-11,13H2,1H3,(H3,19,20,21);1H. The number of morpholine rings is 1. The number of nitrogens with two attached hydrogens (primary N) is 1. The van der Waals surface area contributed by atoms with Gasteiger partial charge in [0.2, 0.25) is 0 Å². The third-order valence-corrected chi connectivity index (χ3v) is 5.13. The minimum absolute atomic E-state index is 0. The van der Waals surface area contributed by atoms with E-state index in [9.17, 15) is 0 Å². The smallest absolute Gasteiger partial charge is 0.193 e. The van der Waals surface area contributed by atoms with Gasteiger partial charge in [-0.2, -0.15) is 0 Å². The van der Waals surface area contributed by atoms with Crippen LogP contribution in [0.3, 0.4) is 0 Å². The molecule has 3 N–H and O–H groups in total. The van der Waals surface area contributed by atoms with E-state index in [0.717, 1.165) is 37.7 Å². The number of anilines is 1. The van der Waals surface area contributed by atoms with E-state index in [-0.39, 0.29) is 30.0 Å². The van der Waals surface area contributed by atoms with Crippen LogP contribution in [0.4, 0.5) is 5.69 Å². The van der Waals surface area contributed by atoms with Gasteiger partial charge in [0.15, 0.2) is 5.96 Å². The van der Waals surface area contributed by atoms with Crippen molar-refractivity contribution in [2.75, 3.05) is 45.3 Å². The lowest BCUT2D eigenvalue weighted by Gasteiger charge is -2.33. The number of hydrogen-bond acceptors (Lipinski definition) is 5. The predicted octanol–water partition coefficient (Wildman–Crippen LogP) is 3.17. The number of benzene rings is 1. The first-order valence-corrected chi connectivity index (χ1v) is 9.20. The van der Waals surface area contributed by atoms with Crippen LogP contribution in [0.5, 0.6) is 5.75 Å². The van der Waals surface area contributed by atoms with Crippen LogP contribution in [-0.2, 0) is 4.74 Å². The predicted molar refractivity (Wildman–Crippen MR) is 118 cm³/mol. The van der Waals surface area contributed by atoms with Gasteiger partial charge in [0.25, 0.3) is 0 Å². The van der Waals surface area contributed by atoms with Crippen LogP contribution in [0.15, 0.2) is 46.8 Å². The molecule has 0 bridgehead atoms. The first kappa shape index (κ1) is 20.9. The third kappa shape index (κ3) is 5.83. The van der Waals surface area contributed by atoms with E-state index in [1.807, 2.05) is 24.3 Å². The lowest BCUT2D eigenvalue weighted by Crippen LogP contribution is -2.40. The van der Waals surface area contributed by atoms with Gasteiger partial charge in [-0.15, -0.1) is 35.3 Å². The molecule has 142 valence electrons. The minimum atomic E-state index is 0. The molecule has 2 aromatic rings. The van der Waals surface area contributed by atoms with E-state index in [1.54, 1.807) is 18.4 Å². The van der Waals surface area contributed by atoms with Crippen LogP contribution in [0.2, 0.25) is 0 Å². The van der Waals surface area contributed by atoms with Crippen molar-refractivity contribution in [3.63, 3.8) is 0 Å². The molecule has 1 aliphatic rings. The second kappa shape index (κ2) is 10.7. The maximum absolute atomic E-state index is 6.08. The van der Waals surface area contributed by atoms with Crippen LogP contribution in [-0.4, -0.2) is 50.8 Å². The van der Waals surface area contributed by atoms with Gasteiger partial charge >= 0.3 is 0 Å². The van der Waals surface area contributed by atoms with Gasteiger partial charge in [0.05, 0.1) is 32.9 Å². The van der Waals surface area contributed by atoms with Crippen molar-refractivity contribution >= 4 is 47.0 Å². The third-order valence-electron chi connectivity index (χ3n) is 4.16. The molecular weight excluding hydrogens is 463 g/mol. The molecule has 1 saturated heterocycles. The van der Waals surface area contributed by atoms with E-state index in [0.29, 0.717) is 12.5 Å². The first-order valence-electron chi connectivity index (χ1n) is 8.32. The lowest BCUT2D eigenvalue weighted by atomic mass is 10.2. The Labute approximate surface area is 175 Å². The SMILES string of the molecule is COc1ccc(NC(N)=NCC(c2cccs2)N2CCOCC2)cc1.I. The van der Waals surface area contributed by atoms with E-state index in [2.05, 4.69) is 32.7 Å². The van der Waals surface area contributed by atoms with Crippen molar-refractivity contribution in [3.05, 3.63) is 46.7 Å². The molecule has 0 spiro atoms. The van der Waals surface area contributed by atoms with Gasteiger partial charge in [-0.05, 0) is 35.7 Å². The Morgan fingerprint density at radius 1 is 1.31 bits per heavy atom. The van der Waals surface area contributed by atoms with Crippen LogP contribution in [0.1, 0.15) is 10.9 Å². The highest BCUT2D eigenvalue weighted by molar-refractivity contribution is 14.0. The number of aliphatic imine (C=N–C) groups is 1. The van der Waals surface area contributed by atoms with Crippen LogP contribution >= 0.6 is 35.3 Å².